The summed E-state index contributed by atoms with van der Waals surface area (Å²) >= 11 is 0. The maximum atomic E-state index is 9.53. The normalized spacial score (nSPS) is 13.4. The van der Waals surface area contributed by atoms with Crippen LogP contribution >= 0.6 is 0 Å². The summed E-state index contributed by atoms with van der Waals surface area (Å²) in [7, 11) is 0. The van der Waals surface area contributed by atoms with Crippen molar-refractivity contribution in [2.24, 2.45) is 5.73 Å². The number of carbonyl (C=O) groups excluding carboxylic acids is 1. The molecule has 3 N–H and O–H groups in total. The molecule has 0 bridgehead atoms. The van der Waals surface area contributed by atoms with Crippen molar-refractivity contribution in [2.75, 3.05) is 6.61 Å². The van der Waals surface area contributed by atoms with Gasteiger partial charge in [0.1, 0.15) is 0 Å². The number of rotatable bonds is 2. The molecule has 0 radical (unpaired) electrons. The Balaban J connectivity index is 3.34. The highest BCUT2D eigenvalue weighted by molar-refractivity contribution is 5.70. The van der Waals surface area contributed by atoms with Crippen LogP contribution in [-0.2, 0) is 4.79 Å². The summed E-state index contributed by atoms with van der Waals surface area (Å²) < 4.78 is 0. The van der Waals surface area contributed by atoms with Gasteiger partial charge in [-0.05, 0) is 0 Å². The second-order valence-corrected chi connectivity index (χ2v) is 1.11. The Kier molecular flexibility index (Phi) is 2.32. The van der Waals surface area contributed by atoms with Crippen LogP contribution in [0.2, 0.25) is 0 Å². The van der Waals surface area contributed by atoms with Gasteiger partial charge in [-0.25, -0.2) is 0 Å². The van der Waals surface area contributed by atoms with E-state index in [9.17, 15) is 9.90 Å². The molecule has 0 rings (SSSR count). The second kappa shape index (κ2) is 2.54. The van der Waals surface area contributed by atoms with E-state index >= 15 is 0 Å². The molecule has 0 saturated heterocycles. The number of hydrogen-bond acceptors (Lipinski definition) is 4. The van der Waals surface area contributed by atoms with Gasteiger partial charge in [0.15, 0.2) is 0 Å². The molecular weight excluding hydrogens is 98.0 g/mol. The topological polar surface area (TPSA) is 86.4 Å². The molecule has 0 aromatic rings. The minimum Gasteiger partial charge on any atom is -0.548 e. The van der Waals surface area contributed by atoms with Gasteiger partial charge in [0.25, 0.3) is 0 Å². The molecule has 0 spiro atoms. The van der Waals surface area contributed by atoms with E-state index in [4.69, 9.17) is 10.8 Å². The number of aliphatic carboxylic acids is 1. The van der Waals surface area contributed by atoms with E-state index in [2.05, 4.69) is 0 Å². The molecule has 42 valence electrons. The molecule has 0 aliphatic rings. The molecule has 7 heavy (non-hydrogen) atoms. The van der Waals surface area contributed by atoms with Gasteiger partial charge in [-0.2, -0.15) is 0 Å². The predicted molar refractivity (Wildman–Crippen MR) is 20.1 cm³/mol. The van der Waals surface area contributed by atoms with Gasteiger partial charge in [0.2, 0.25) is 0 Å². The highest BCUT2D eigenvalue weighted by Gasteiger charge is 1.96. The summed E-state index contributed by atoms with van der Waals surface area (Å²) in [6.45, 7) is -0.567. The molecule has 0 fully saturated rings. The van der Waals surface area contributed by atoms with E-state index in [1.54, 1.807) is 0 Å². The summed E-state index contributed by atoms with van der Waals surface area (Å²) in [5.74, 6) is -1.43. The number of aliphatic hydroxyl groups excluding tert-OH is 1. The molecule has 0 heterocycles. The summed E-state index contributed by atoms with van der Waals surface area (Å²) in [4.78, 5) is 9.53. The fraction of sp³-hybridized carbons (Fsp3) is 0.667. The maximum absolute atomic E-state index is 9.53. The van der Waals surface area contributed by atoms with Crippen molar-refractivity contribution >= 4 is 5.97 Å². The number of carboxylic acids is 1. The maximum Gasteiger partial charge on any atom is 0.0677 e. The summed E-state index contributed by atoms with van der Waals surface area (Å²) in [5, 5.41) is 17.5. The van der Waals surface area contributed by atoms with Crippen molar-refractivity contribution in [3.8, 4) is 0 Å². The van der Waals surface area contributed by atoms with Crippen LogP contribution in [0.15, 0.2) is 0 Å². The van der Waals surface area contributed by atoms with Crippen LogP contribution in [0.3, 0.4) is 0 Å². The Morgan fingerprint density at radius 3 is 2.43 bits per heavy atom. The number of nitrogens with two attached hydrogens (primary N) is 1. The number of carboxylic acid groups (broad SMARTS) is 1. The Labute approximate surface area is 40.6 Å². The zero-order valence-electron chi connectivity index (χ0n) is 3.63. The van der Waals surface area contributed by atoms with Gasteiger partial charge in [-0.15, -0.1) is 0 Å². The summed E-state index contributed by atoms with van der Waals surface area (Å²) in [5.41, 5.74) is 4.70. The summed E-state index contributed by atoms with van der Waals surface area (Å²) in [6.07, 6.45) is 0. The molecule has 1 unspecified atom stereocenters. The van der Waals surface area contributed by atoms with Crippen LogP contribution < -0.4 is 10.8 Å². The first kappa shape index (κ1) is 6.39. The van der Waals surface area contributed by atoms with Gasteiger partial charge in [0, 0.05) is 0 Å². The molecule has 1 atom stereocenters. The van der Waals surface area contributed by atoms with E-state index in [1.165, 1.54) is 0 Å². The first-order valence-corrected chi connectivity index (χ1v) is 1.75. The molecular formula is C3H6NO3-. The van der Waals surface area contributed by atoms with Crippen LogP contribution in [0.4, 0.5) is 0 Å². The molecule has 0 aromatic heterocycles. The van der Waals surface area contributed by atoms with E-state index in [0.29, 0.717) is 0 Å². The lowest BCUT2D eigenvalue weighted by atomic mass is 10.3. The highest BCUT2D eigenvalue weighted by Crippen LogP contribution is 1.66. The van der Waals surface area contributed by atoms with Gasteiger partial charge < -0.3 is 20.7 Å². The van der Waals surface area contributed by atoms with Crippen molar-refractivity contribution in [1.29, 1.82) is 0 Å². The average Bonchev–Trinajstić information content (AvgIpc) is 1.65. The van der Waals surface area contributed by atoms with E-state index < -0.39 is 18.6 Å². The standard InChI is InChI=1S/C3H7NO3/c4-2(1-5)3(6)7/h2,5H,1,4H2,(H,6,7)/p-1. The fourth-order valence-corrected chi connectivity index (χ4v) is 0.0745. The lowest BCUT2D eigenvalue weighted by Crippen LogP contribution is -2.44. The largest absolute Gasteiger partial charge is 0.548 e. The predicted octanol–water partition coefficient (Wildman–Crippen LogP) is -2.94. The zero-order chi connectivity index (χ0) is 5.86. The van der Waals surface area contributed by atoms with Gasteiger partial charge in [-0.1, -0.05) is 0 Å². The van der Waals surface area contributed by atoms with Crippen LogP contribution in [0.1, 0.15) is 0 Å². The molecule has 4 heteroatoms. The van der Waals surface area contributed by atoms with Gasteiger partial charge >= 0.3 is 0 Å². The minimum atomic E-state index is -1.43. The first-order chi connectivity index (χ1) is 3.18. The minimum absolute atomic E-state index is 0.567. The number of aliphatic hydroxyl groups is 1. The van der Waals surface area contributed by atoms with E-state index in [1.807, 2.05) is 0 Å². The molecule has 0 aromatic carbocycles. The zero-order valence-corrected chi connectivity index (χ0v) is 3.63. The quantitative estimate of drug-likeness (QED) is 0.392. The third kappa shape index (κ3) is 2.13. The third-order valence-corrected chi connectivity index (χ3v) is 0.499. The van der Waals surface area contributed by atoms with E-state index in [0.717, 1.165) is 0 Å². The van der Waals surface area contributed by atoms with Crippen LogP contribution in [0, 0.1) is 0 Å². The fourth-order valence-electron chi connectivity index (χ4n) is 0.0745. The Morgan fingerprint density at radius 1 is 2.00 bits per heavy atom. The lowest BCUT2D eigenvalue weighted by Gasteiger charge is -2.06. The SMILES string of the molecule is NC(CO)C(=O)[O-]. The Hall–Kier alpha value is -0.610. The van der Waals surface area contributed by atoms with Crippen LogP contribution in [-0.4, -0.2) is 23.7 Å². The first-order valence-electron chi connectivity index (χ1n) is 1.75. The van der Waals surface area contributed by atoms with Crippen LogP contribution in [0.25, 0.3) is 0 Å². The van der Waals surface area contributed by atoms with Crippen molar-refractivity contribution in [1.82, 2.24) is 0 Å². The van der Waals surface area contributed by atoms with Crippen LogP contribution in [0.5, 0.6) is 0 Å². The molecule has 0 aliphatic heterocycles. The second-order valence-electron chi connectivity index (χ2n) is 1.11. The van der Waals surface area contributed by atoms with Crippen molar-refractivity contribution in [2.45, 2.75) is 6.04 Å². The molecule has 0 amide bonds. The van der Waals surface area contributed by atoms with Crippen molar-refractivity contribution < 1.29 is 15.0 Å². The molecule has 0 aliphatic carbocycles. The lowest BCUT2D eigenvalue weighted by molar-refractivity contribution is -0.308. The van der Waals surface area contributed by atoms with Gasteiger partial charge in [0.05, 0.1) is 18.6 Å². The number of hydrogen-bond donors (Lipinski definition) is 2. The molecule has 0 saturated carbocycles. The number of carbonyl (C=O) groups is 1. The van der Waals surface area contributed by atoms with Crippen molar-refractivity contribution in [3.05, 3.63) is 0 Å². The molecule has 4 nitrogen and oxygen atoms in total. The highest BCUT2D eigenvalue weighted by atomic mass is 16.4. The monoisotopic (exact) mass is 104 g/mol. The Morgan fingerprint density at radius 2 is 2.43 bits per heavy atom. The van der Waals surface area contributed by atoms with E-state index in [-0.39, 0.29) is 0 Å². The van der Waals surface area contributed by atoms with Crippen molar-refractivity contribution in [3.63, 3.8) is 0 Å². The Bertz CT molecular complexity index is 72.6. The third-order valence-electron chi connectivity index (χ3n) is 0.499. The van der Waals surface area contributed by atoms with Gasteiger partial charge in [-0.3, -0.25) is 0 Å². The average molecular weight is 104 g/mol. The smallest absolute Gasteiger partial charge is 0.0677 e. The summed E-state index contributed by atoms with van der Waals surface area (Å²) in [6, 6.07) is -1.24.